The number of alkyl halides is 1. The van der Waals surface area contributed by atoms with E-state index in [0.717, 1.165) is 3.57 Å². The molecule has 5 heteroatoms. The van der Waals surface area contributed by atoms with Crippen molar-refractivity contribution in [1.82, 2.24) is 0 Å². The van der Waals surface area contributed by atoms with Crippen LogP contribution in [-0.2, 0) is 0 Å². The summed E-state index contributed by atoms with van der Waals surface area (Å²) >= 11 is 5.15. The van der Waals surface area contributed by atoms with E-state index >= 15 is 0 Å². The minimum atomic E-state index is -0.0895. The summed E-state index contributed by atoms with van der Waals surface area (Å²) in [6, 6.07) is 5.38. The van der Waals surface area contributed by atoms with E-state index in [1.54, 1.807) is 12.1 Å². The van der Waals surface area contributed by atoms with Crippen LogP contribution in [0.1, 0.15) is 15.9 Å². The van der Waals surface area contributed by atoms with Crippen molar-refractivity contribution in [3.63, 3.8) is 0 Å². The lowest BCUT2D eigenvalue weighted by Crippen LogP contribution is -2.07. The van der Waals surface area contributed by atoms with Gasteiger partial charge >= 0.3 is 0 Å². The Morgan fingerprint density at radius 3 is 2.80 bits per heavy atom. The number of Topliss-reactive ketones (excluding diaryl/α,β-unsaturated/α-hetero) is 1. The second kappa shape index (κ2) is 5.47. The molecule has 0 radical (unpaired) electrons. The molecule has 0 amide bonds. The minimum Gasteiger partial charge on any atom is -0.495 e. The Kier molecular flexibility index (Phi) is 4.54. The molecule has 0 spiro atoms. The fourth-order valence-electron chi connectivity index (χ4n) is 1.19. The average Bonchev–Trinajstić information content (AvgIpc) is 2.27. The highest BCUT2D eigenvalue weighted by molar-refractivity contribution is 14.1. The minimum absolute atomic E-state index is 0.0895. The van der Waals surface area contributed by atoms with Crippen LogP contribution in [0.15, 0.2) is 12.1 Å². The highest BCUT2D eigenvalue weighted by Gasteiger charge is 2.18. The zero-order valence-electron chi connectivity index (χ0n) is 7.88. The van der Waals surface area contributed by atoms with Gasteiger partial charge in [0.25, 0.3) is 0 Å². The molecule has 0 heterocycles. The van der Waals surface area contributed by atoms with E-state index in [2.05, 4.69) is 15.9 Å². The van der Waals surface area contributed by atoms with Crippen molar-refractivity contribution in [3.8, 4) is 11.8 Å². The second-order valence-electron chi connectivity index (χ2n) is 2.67. The molecule has 1 aromatic rings. The van der Waals surface area contributed by atoms with Gasteiger partial charge in [0.2, 0.25) is 0 Å². The van der Waals surface area contributed by atoms with E-state index in [4.69, 9.17) is 10.00 Å². The van der Waals surface area contributed by atoms with Crippen molar-refractivity contribution >= 4 is 44.3 Å². The Morgan fingerprint density at radius 1 is 1.67 bits per heavy atom. The van der Waals surface area contributed by atoms with Crippen LogP contribution in [0.4, 0.5) is 0 Å². The van der Waals surface area contributed by atoms with E-state index in [1.807, 2.05) is 28.7 Å². The van der Waals surface area contributed by atoms with Crippen LogP contribution in [0.3, 0.4) is 0 Å². The molecular formula is C10H7BrINO2. The largest absolute Gasteiger partial charge is 0.495 e. The molecule has 0 aliphatic carbocycles. The van der Waals surface area contributed by atoms with Crippen LogP contribution in [0.5, 0.6) is 5.75 Å². The Labute approximate surface area is 110 Å². The zero-order valence-corrected chi connectivity index (χ0v) is 11.6. The van der Waals surface area contributed by atoms with Gasteiger partial charge in [0.15, 0.2) is 5.78 Å². The Balaban J connectivity index is 3.47. The second-order valence-corrected chi connectivity index (χ2v) is 4.39. The summed E-state index contributed by atoms with van der Waals surface area (Å²) in [4.78, 5) is 11.6. The van der Waals surface area contributed by atoms with Crippen LogP contribution in [0.25, 0.3) is 0 Å². The molecule has 1 rings (SSSR count). The number of ketones is 1. The summed E-state index contributed by atoms with van der Waals surface area (Å²) in [7, 11) is 1.46. The monoisotopic (exact) mass is 379 g/mol. The first-order chi connectivity index (χ1) is 7.15. The number of benzene rings is 1. The van der Waals surface area contributed by atoms with Crippen LogP contribution in [-0.4, -0.2) is 18.2 Å². The first-order valence-electron chi connectivity index (χ1n) is 4.01. The molecule has 0 bridgehead atoms. The highest BCUT2D eigenvalue weighted by Crippen LogP contribution is 2.28. The van der Waals surface area contributed by atoms with Gasteiger partial charge in [-0.15, -0.1) is 0 Å². The maximum Gasteiger partial charge on any atom is 0.178 e. The number of hydrogen-bond acceptors (Lipinski definition) is 3. The summed E-state index contributed by atoms with van der Waals surface area (Å²) in [5.41, 5.74) is 0.844. The summed E-state index contributed by atoms with van der Waals surface area (Å²) in [5, 5.41) is 9.08. The highest BCUT2D eigenvalue weighted by atomic mass is 127. The first kappa shape index (κ1) is 12.5. The lowest BCUT2D eigenvalue weighted by atomic mass is 10.1. The van der Waals surface area contributed by atoms with Crippen molar-refractivity contribution in [1.29, 1.82) is 5.26 Å². The third-order valence-electron chi connectivity index (χ3n) is 1.83. The van der Waals surface area contributed by atoms with Gasteiger partial charge in [-0.3, -0.25) is 4.79 Å². The van der Waals surface area contributed by atoms with Crippen molar-refractivity contribution in [2.75, 3.05) is 12.4 Å². The smallest absolute Gasteiger partial charge is 0.178 e. The fourth-order valence-corrected chi connectivity index (χ4v) is 2.19. The number of hydrogen-bond donors (Lipinski definition) is 0. The molecule has 0 fully saturated rings. The van der Waals surface area contributed by atoms with E-state index < -0.39 is 0 Å². The number of halogens is 2. The normalized spacial score (nSPS) is 9.47. The Hall–Kier alpha value is -0.610. The van der Waals surface area contributed by atoms with E-state index in [-0.39, 0.29) is 11.1 Å². The lowest BCUT2D eigenvalue weighted by molar-refractivity contribution is 0.102. The first-order valence-corrected chi connectivity index (χ1v) is 6.21. The summed E-state index contributed by atoms with van der Waals surface area (Å²) < 4.78 is 5.89. The van der Waals surface area contributed by atoms with Gasteiger partial charge in [0.1, 0.15) is 11.8 Å². The molecule has 0 aliphatic rings. The SMILES string of the molecule is COc1c(C#N)ccc(I)c1C(=O)CBr. The van der Waals surface area contributed by atoms with Gasteiger partial charge in [0.05, 0.1) is 23.6 Å². The lowest BCUT2D eigenvalue weighted by Gasteiger charge is -2.09. The van der Waals surface area contributed by atoms with Crippen LogP contribution >= 0.6 is 38.5 Å². The topological polar surface area (TPSA) is 50.1 Å². The molecule has 0 saturated heterocycles. The fraction of sp³-hybridized carbons (Fsp3) is 0.200. The standard InChI is InChI=1S/C10H7BrINO2/c1-15-10-6(5-13)2-3-7(12)9(10)8(14)4-11/h2-3H,4H2,1H3. The van der Waals surface area contributed by atoms with Gasteiger partial charge in [-0.25, -0.2) is 0 Å². The summed E-state index contributed by atoms with van der Waals surface area (Å²) in [6.45, 7) is 0. The third-order valence-corrected chi connectivity index (χ3v) is 3.24. The number of methoxy groups -OCH3 is 1. The van der Waals surface area contributed by atoms with Crippen molar-refractivity contribution < 1.29 is 9.53 Å². The summed E-state index contributed by atoms with van der Waals surface area (Å²) in [6.07, 6.45) is 0. The van der Waals surface area contributed by atoms with E-state index in [0.29, 0.717) is 16.9 Å². The summed E-state index contributed by atoms with van der Waals surface area (Å²) in [5.74, 6) is 0.266. The van der Waals surface area contributed by atoms with E-state index in [1.165, 1.54) is 7.11 Å². The zero-order chi connectivity index (χ0) is 11.4. The van der Waals surface area contributed by atoms with Crippen LogP contribution in [0, 0.1) is 14.9 Å². The molecular weight excluding hydrogens is 373 g/mol. The Bertz CT molecular complexity index is 440. The number of ether oxygens (including phenoxy) is 1. The predicted octanol–water partition coefficient (Wildman–Crippen LogP) is 2.75. The number of rotatable bonds is 3. The molecule has 3 nitrogen and oxygen atoms in total. The van der Waals surface area contributed by atoms with Crippen LogP contribution < -0.4 is 4.74 Å². The molecule has 0 atom stereocenters. The number of carbonyl (C=O) groups is 1. The molecule has 1 aromatic carbocycles. The maximum atomic E-state index is 11.6. The van der Waals surface area contributed by atoms with Gasteiger partial charge in [-0.05, 0) is 34.7 Å². The van der Waals surface area contributed by atoms with Crippen molar-refractivity contribution in [2.24, 2.45) is 0 Å². The van der Waals surface area contributed by atoms with E-state index in [9.17, 15) is 4.79 Å². The van der Waals surface area contributed by atoms with Crippen molar-refractivity contribution in [3.05, 3.63) is 26.8 Å². The van der Waals surface area contributed by atoms with Gasteiger partial charge in [0, 0.05) is 3.57 Å². The molecule has 0 unspecified atom stereocenters. The van der Waals surface area contributed by atoms with Crippen molar-refractivity contribution in [2.45, 2.75) is 0 Å². The molecule has 15 heavy (non-hydrogen) atoms. The molecule has 0 aliphatic heterocycles. The molecule has 0 aromatic heterocycles. The van der Waals surface area contributed by atoms with Gasteiger partial charge in [-0.1, -0.05) is 15.9 Å². The van der Waals surface area contributed by atoms with Gasteiger partial charge in [-0.2, -0.15) is 5.26 Å². The van der Waals surface area contributed by atoms with Gasteiger partial charge < -0.3 is 4.74 Å². The third kappa shape index (κ3) is 2.49. The number of nitrogens with zero attached hydrogens (tertiary/aromatic N) is 1. The molecule has 0 N–H and O–H groups in total. The Morgan fingerprint density at radius 2 is 2.33 bits per heavy atom. The number of nitriles is 1. The average molecular weight is 380 g/mol. The predicted molar refractivity (Wildman–Crippen MR) is 68.6 cm³/mol. The van der Waals surface area contributed by atoms with Crippen LogP contribution in [0.2, 0.25) is 0 Å². The quantitative estimate of drug-likeness (QED) is 0.461. The molecule has 78 valence electrons. The number of carbonyl (C=O) groups excluding carboxylic acids is 1. The molecule has 0 saturated carbocycles. The maximum absolute atomic E-state index is 11.6.